The Morgan fingerprint density at radius 3 is 1.62 bits per heavy atom. The molecule has 0 heterocycles. The Hall–Kier alpha value is 0.0300. The van der Waals surface area contributed by atoms with E-state index in [0.29, 0.717) is 13.0 Å². The van der Waals surface area contributed by atoms with Gasteiger partial charge in [-0.15, -0.1) is 0 Å². The molecule has 2 unspecified atom stereocenters. The molecule has 7 heteroatoms. The first-order valence-electron chi connectivity index (χ1n) is 13.3. The van der Waals surface area contributed by atoms with E-state index in [4.69, 9.17) is 19.3 Å². The molecule has 2 atom stereocenters. The Morgan fingerprint density at radius 2 is 1.09 bits per heavy atom. The van der Waals surface area contributed by atoms with Crippen molar-refractivity contribution < 1.29 is 28.3 Å². The van der Waals surface area contributed by atoms with Gasteiger partial charge in [-0.2, -0.15) is 0 Å². The van der Waals surface area contributed by atoms with Gasteiger partial charge in [-0.05, 0) is 26.2 Å². The molecular formula is C25H53O6P. The molecule has 0 aliphatic heterocycles. The van der Waals surface area contributed by atoms with Crippen LogP contribution >= 0.6 is 7.82 Å². The number of hydrogen-bond donors (Lipinski definition) is 2. The summed E-state index contributed by atoms with van der Waals surface area (Å²) in [6, 6.07) is 0. The van der Waals surface area contributed by atoms with Crippen molar-refractivity contribution in [3.05, 3.63) is 0 Å². The van der Waals surface area contributed by atoms with Crippen molar-refractivity contribution in [2.24, 2.45) is 0 Å². The van der Waals surface area contributed by atoms with Gasteiger partial charge in [-0.1, -0.05) is 104 Å². The Bertz CT molecular complexity index is 429. The van der Waals surface area contributed by atoms with E-state index < -0.39 is 7.82 Å². The van der Waals surface area contributed by atoms with Gasteiger partial charge in [0.05, 0.1) is 18.8 Å². The van der Waals surface area contributed by atoms with E-state index in [-0.39, 0.29) is 18.8 Å². The van der Waals surface area contributed by atoms with Gasteiger partial charge in [0.25, 0.3) is 0 Å². The normalized spacial score (nSPS) is 14.0. The maximum absolute atomic E-state index is 10.8. The van der Waals surface area contributed by atoms with Crippen LogP contribution in [-0.2, 0) is 18.6 Å². The molecule has 0 rings (SSSR count). The lowest BCUT2D eigenvalue weighted by atomic mass is 10.0. The summed E-state index contributed by atoms with van der Waals surface area (Å²) < 4.78 is 27.4. The van der Waals surface area contributed by atoms with Crippen LogP contribution in [0, 0.1) is 0 Å². The SMILES string of the molecule is CCCCCCCCCCOC(C)C(CCCCCCCCC)OCCCOP(=O)(O)O. The van der Waals surface area contributed by atoms with Crippen molar-refractivity contribution in [3.8, 4) is 0 Å². The number of ether oxygens (including phenoxy) is 2. The summed E-state index contributed by atoms with van der Waals surface area (Å²) in [5, 5.41) is 0. The molecule has 0 aromatic rings. The van der Waals surface area contributed by atoms with Crippen molar-refractivity contribution in [2.45, 2.75) is 142 Å². The van der Waals surface area contributed by atoms with Gasteiger partial charge in [0, 0.05) is 13.2 Å². The molecule has 194 valence electrons. The van der Waals surface area contributed by atoms with E-state index in [0.717, 1.165) is 25.9 Å². The molecule has 32 heavy (non-hydrogen) atoms. The lowest BCUT2D eigenvalue weighted by Crippen LogP contribution is -2.30. The zero-order valence-electron chi connectivity index (χ0n) is 21.3. The first kappa shape index (κ1) is 32.0. The minimum atomic E-state index is -4.40. The highest BCUT2D eigenvalue weighted by molar-refractivity contribution is 7.46. The van der Waals surface area contributed by atoms with E-state index in [1.807, 2.05) is 0 Å². The fourth-order valence-corrected chi connectivity index (χ4v) is 4.21. The van der Waals surface area contributed by atoms with Crippen molar-refractivity contribution in [2.75, 3.05) is 19.8 Å². The summed E-state index contributed by atoms with van der Waals surface area (Å²) in [7, 11) is -4.40. The molecule has 0 aliphatic rings. The van der Waals surface area contributed by atoms with Gasteiger partial charge >= 0.3 is 7.82 Å². The van der Waals surface area contributed by atoms with Crippen LogP contribution in [0.1, 0.15) is 130 Å². The van der Waals surface area contributed by atoms with Crippen LogP contribution in [0.2, 0.25) is 0 Å². The summed E-state index contributed by atoms with van der Waals surface area (Å²) in [5.41, 5.74) is 0. The molecule has 0 fully saturated rings. The third kappa shape index (κ3) is 23.2. The standard InChI is InChI=1S/C25H53O6P/c1-4-6-8-10-12-14-16-18-21-29-24(3)25(20-17-15-13-11-9-7-5-2)30-22-19-23-31-32(26,27)28/h24-25H,4-23H2,1-3H3,(H2,26,27,28). The number of unbranched alkanes of at least 4 members (excludes halogenated alkanes) is 13. The first-order chi connectivity index (χ1) is 15.4. The van der Waals surface area contributed by atoms with Crippen LogP contribution in [0.3, 0.4) is 0 Å². The summed E-state index contributed by atoms with van der Waals surface area (Å²) in [5.74, 6) is 0. The molecule has 0 radical (unpaired) electrons. The van der Waals surface area contributed by atoms with Crippen molar-refractivity contribution in [3.63, 3.8) is 0 Å². The predicted molar refractivity (Wildman–Crippen MR) is 133 cm³/mol. The summed E-state index contributed by atoms with van der Waals surface area (Å²) >= 11 is 0. The highest BCUT2D eigenvalue weighted by Crippen LogP contribution is 2.35. The molecule has 0 aromatic heterocycles. The van der Waals surface area contributed by atoms with E-state index in [1.54, 1.807) is 0 Å². The van der Waals surface area contributed by atoms with Crippen molar-refractivity contribution in [1.82, 2.24) is 0 Å². The van der Waals surface area contributed by atoms with Gasteiger partial charge in [-0.25, -0.2) is 4.57 Å². The van der Waals surface area contributed by atoms with Crippen LogP contribution in [0.4, 0.5) is 0 Å². The lowest BCUT2D eigenvalue weighted by molar-refractivity contribution is -0.0718. The van der Waals surface area contributed by atoms with Crippen LogP contribution in [0.25, 0.3) is 0 Å². The minimum Gasteiger partial charge on any atom is -0.376 e. The smallest absolute Gasteiger partial charge is 0.376 e. The second-order valence-electron chi connectivity index (χ2n) is 9.05. The van der Waals surface area contributed by atoms with Crippen molar-refractivity contribution >= 4 is 7.82 Å². The number of phosphoric ester groups is 1. The lowest BCUT2D eigenvalue weighted by Gasteiger charge is -2.25. The number of phosphoric acid groups is 1. The Morgan fingerprint density at radius 1 is 0.625 bits per heavy atom. The molecule has 0 bridgehead atoms. The highest BCUT2D eigenvalue weighted by atomic mass is 31.2. The summed E-state index contributed by atoms with van der Waals surface area (Å²) in [6.45, 7) is 7.77. The van der Waals surface area contributed by atoms with E-state index in [9.17, 15) is 4.57 Å². The van der Waals surface area contributed by atoms with E-state index >= 15 is 0 Å². The number of rotatable bonds is 25. The van der Waals surface area contributed by atoms with Crippen LogP contribution < -0.4 is 0 Å². The summed E-state index contributed by atoms with van der Waals surface area (Å²) in [6.07, 6.45) is 20.6. The Balaban J connectivity index is 4.09. The molecule has 0 aromatic carbocycles. The average molecular weight is 481 g/mol. The fourth-order valence-electron chi connectivity index (χ4n) is 3.85. The average Bonchev–Trinajstić information content (AvgIpc) is 2.74. The predicted octanol–water partition coefficient (Wildman–Crippen LogP) is 7.56. The molecule has 0 spiro atoms. The van der Waals surface area contributed by atoms with Gasteiger partial charge in [0.1, 0.15) is 0 Å². The number of hydrogen-bond acceptors (Lipinski definition) is 4. The Labute approximate surface area is 198 Å². The van der Waals surface area contributed by atoms with Crippen LogP contribution in [0.15, 0.2) is 0 Å². The van der Waals surface area contributed by atoms with Gasteiger partial charge in [-0.3, -0.25) is 4.52 Å². The molecular weight excluding hydrogens is 427 g/mol. The largest absolute Gasteiger partial charge is 0.469 e. The van der Waals surface area contributed by atoms with Gasteiger partial charge in [0.15, 0.2) is 0 Å². The monoisotopic (exact) mass is 480 g/mol. The maximum Gasteiger partial charge on any atom is 0.469 e. The molecule has 0 saturated carbocycles. The second-order valence-corrected chi connectivity index (χ2v) is 10.3. The van der Waals surface area contributed by atoms with Gasteiger partial charge < -0.3 is 19.3 Å². The highest BCUT2D eigenvalue weighted by Gasteiger charge is 2.19. The quantitative estimate of drug-likeness (QED) is 0.104. The summed E-state index contributed by atoms with van der Waals surface area (Å²) in [4.78, 5) is 17.6. The fraction of sp³-hybridized carbons (Fsp3) is 1.00. The zero-order valence-corrected chi connectivity index (χ0v) is 22.2. The van der Waals surface area contributed by atoms with Crippen LogP contribution in [-0.4, -0.2) is 41.8 Å². The van der Waals surface area contributed by atoms with Crippen molar-refractivity contribution in [1.29, 1.82) is 0 Å². The maximum atomic E-state index is 10.8. The topological polar surface area (TPSA) is 85.2 Å². The Kier molecular flexibility index (Phi) is 22.8. The molecule has 0 amide bonds. The molecule has 0 saturated heterocycles. The first-order valence-corrected chi connectivity index (χ1v) is 14.9. The molecule has 2 N–H and O–H groups in total. The molecule has 6 nitrogen and oxygen atoms in total. The second kappa shape index (κ2) is 22.8. The van der Waals surface area contributed by atoms with Gasteiger partial charge in [0.2, 0.25) is 0 Å². The van der Waals surface area contributed by atoms with E-state index in [1.165, 1.54) is 83.5 Å². The minimum absolute atomic E-state index is 0.00191. The van der Waals surface area contributed by atoms with E-state index in [2.05, 4.69) is 25.3 Å². The molecule has 0 aliphatic carbocycles. The third-order valence-electron chi connectivity index (χ3n) is 5.87. The zero-order chi connectivity index (χ0) is 23.9. The van der Waals surface area contributed by atoms with Crippen LogP contribution in [0.5, 0.6) is 0 Å². The third-order valence-corrected chi connectivity index (χ3v) is 6.39.